The zero-order valence-corrected chi connectivity index (χ0v) is 12.1. The standard InChI is InChI=1S/C16H12F2N4O/c1-10-15(16(23)19-13-7-5-11(17)6-8-13)20-21-22(10)14-4-2-3-12(18)9-14/h2-9H,1H3,(H,19,23). The minimum atomic E-state index is -0.475. The van der Waals surface area contributed by atoms with Crippen LogP contribution in [0.4, 0.5) is 14.5 Å². The second kappa shape index (κ2) is 5.96. The summed E-state index contributed by atoms with van der Waals surface area (Å²) >= 11 is 0. The van der Waals surface area contributed by atoms with E-state index < -0.39 is 17.5 Å². The van der Waals surface area contributed by atoms with E-state index in [1.807, 2.05) is 0 Å². The highest BCUT2D eigenvalue weighted by Gasteiger charge is 2.17. The summed E-state index contributed by atoms with van der Waals surface area (Å²) < 4.78 is 27.5. The van der Waals surface area contributed by atoms with E-state index in [9.17, 15) is 13.6 Å². The first-order chi connectivity index (χ1) is 11.0. The van der Waals surface area contributed by atoms with Crippen molar-refractivity contribution in [2.75, 3.05) is 5.32 Å². The molecule has 3 aromatic rings. The molecule has 2 aromatic carbocycles. The summed E-state index contributed by atoms with van der Waals surface area (Å²) in [6.07, 6.45) is 0. The van der Waals surface area contributed by atoms with Crippen molar-refractivity contribution in [3.8, 4) is 5.69 Å². The number of hydrogen-bond donors (Lipinski definition) is 1. The van der Waals surface area contributed by atoms with Gasteiger partial charge in [0.1, 0.15) is 11.6 Å². The Balaban J connectivity index is 1.86. The Hall–Kier alpha value is -3.09. The van der Waals surface area contributed by atoms with Crippen LogP contribution in [0.2, 0.25) is 0 Å². The maximum Gasteiger partial charge on any atom is 0.278 e. The van der Waals surface area contributed by atoms with Gasteiger partial charge in [0, 0.05) is 5.69 Å². The van der Waals surface area contributed by atoms with Gasteiger partial charge >= 0.3 is 0 Å². The van der Waals surface area contributed by atoms with E-state index in [0.717, 1.165) is 0 Å². The Morgan fingerprint density at radius 1 is 1.09 bits per heavy atom. The maximum atomic E-state index is 13.3. The molecule has 0 bridgehead atoms. The van der Waals surface area contributed by atoms with Crippen LogP contribution in [0.15, 0.2) is 48.5 Å². The fourth-order valence-corrected chi connectivity index (χ4v) is 2.12. The number of carbonyl (C=O) groups excluding carboxylic acids is 1. The largest absolute Gasteiger partial charge is 0.321 e. The SMILES string of the molecule is Cc1c(C(=O)Nc2ccc(F)cc2)nnn1-c1cccc(F)c1. The highest BCUT2D eigenvalue weighted by molar-refractivity contribution is 6.03. The number of hydrogen-bond acceptors (Lipinski definition) is 3. The minimum Gasteiger partial charge on any atom is -0.321 e. The van der Waals surface area contributed by atoms with Crippen LogP contribution >= 0.6 is 0 Å². The van der Waals surface area contributed by atoms with E-state index in [1.54, 1.807) is 19.1 Å². The third-order valence-corrected chi connectivity index (χ3v) is 3.26. The zero-order chi connectivity index (χ0) is 16.4. The molecule has 0 aliphatic carbocycles. The molecule has 1 aromatic heterocycles. The second-order valence-electron chi connectivity index (χ2n) is 4.88. The van der Waals surface area contributed by atoms with Crippen molar-refractivity contribution in [2.45, 2.75) is 6.92 Å². The molecule has 0 radical (unpaired) electrons. The van der Waals surface area contributed by atoms with E-state index in [0.29, 0.717) is 17.1 Å². The number of nitrogens with zero attached hydrogens (tertiary/aromatic N) is 3. The first-order valence-electron chi connectivity index (χ1n) is 6.80. The molecule has 0 aliphatic rings. The fourth-order valence-electron chi connectivity index (χ4n) is 2.12. The number of benzene rings is 2. The van der Waals surface area contributed by atoms with Gasteiger partial charge in [0.25, 0.3) is 5.91 Å². The monoisotopic (exact) mass is 314 g/mol. The van der Waals surface area contributed by atoms with Crippen LogP contribution in [0.1, 0.15) is 16.2 Å². The summed E-state index contributed by atoms with van der Waals surface area (Å²) in [4.78, 5) is 12.2. The van der Waals surface area contributed by atoms with Crippen LogP contribution in [0.5, 0.6) is 0 Å². The number of amides is 1. The van der Waals surface area contributed by atoms with E-state index >= 15 is 0 Å². The molecule has 7 heteroatoms. The van der Waals surface area contributed by atoms with Gasteiger partial charge in [-0.2, -0.15) is 0 Å². The normalized spacial score (nSPS) is 10.6. The van der Waals surface area contributed by atoms with Crippen molar-refractivity contribution in [3.05, 3.63) is 71.6 Å². The summed E-state index contributed by atoms with van der Waals surface area (Å²) in [5.41, 5.74) is 1.49. The number of nitrogens with one attached hydrogen (secondary N) is 1. The molecule has 0 saturated heterocycles. The molecular formula is C16H12F2N4O. The average molecular weight is 314 g/mol. The van der Waals surface area contributed by atoms with Crippen LogP contribution in [0.25, 0.3) is 5.69 Å². The third kappa shape index (κ3) is 3.08. The molecule has 0 spiro atoms. The lowest BCUT2D eigenvalue weighted by molar-refractivity contribution is 0.102. The van der Waals surface area contributed by atoms with Gasteiger partial charge in [0.05, 0.1) is 11.4 Å². The maximum absolute atomic E-state index is 13.3. The number of rotatable bonds is 3. The minimum absolute atomic E-state index is 0.110. The van der Waals surface area contributed by atoms with Crippen molar-refractivity contribution < 1.29 is 13.6 Å². The smallest absolute Gasteiger partial charge is 0.278 e. The molecule has 0 unspecified atom stereocenters. The molecule has 0 aliphatic heterocycles. The van der Waals surface area contributed by atoms with Crippen LogP contribution in [0, 0.1) is 18.6 Å². The van der Waals surface area contributed by atoms with Gasteiger partial charge in [0.2, 0.25) is 0 Å². The number of anilines is 1. The molecule has 0 atom stereocenters. The topological polar surface area (TPSA) is 59.8 Å². The quantitative estimate of drug-likeness (QED) is 0.808. The van der Waals surface area contributed by atoms with Gasteiger partial charge in [-0.05, 0) is 49.4 Å². The van der Waals surface area contributed by atoms with Crippen molar-refractivity contribution in [2.24, 2.45) is 0 Å². The van der Waals surface area contributed by atoms with Crippen LogP contribution in [-0.2, 0) is 0 Å². The third-order valence-electron chi connectivity index (χ3n) is 3.26. The molecule has 1 N–H and O–H groups in total. The summed E-state index contributed by atoms with van der Waals surface area (Å²) in [5.74, 6) is -1.28. The van der Waals surface area contributed by atoms with Gasteiger partial charge in [-0.25, -0.2) is 13.5 Å². The Morgan fingerprint density at radius 3 is 2.52 bits per heavy atom. The molecule has 1 amide bonds. The Bertz CT molecular complexity index is 859. The van der Waals surface area contributed by atoms with Crippen LogP contribution < -0.4 is 5.32 Å². The highest BCUT2D eigenvalue weighted by atomic mass is 19.1. The molecule has 23 heavy (non-hydrogen) atoms. The molecule has 0 fully saturated rings. The molecule has 3 rings (SSSR count). The van der Waals surface area contributed by atoms with Crippen molar-refractivity contribution in [1.82, 2.24) is 15.0 Å². The molecule has 5 nitrogen and oxygen atoms in total. The number of carbonyl (C=O) groups is 1. The molecule has 1 heterocycles. The fraction of sp³-hybridized carbons (Fsp3) is 0.0625. The summed E-state index contributed by atoms with van der Waals surface area (Å²) in [6.45, 7) is 1.66. The lowest BCUT2D eigenvalue weighted by atomic mass is 10.2. The Kier molecular flexibility index (Phi) is 3.84. The average Bonchev–Trinajstić information content (AvgIpc) is 2.91. The van der Waals surface area contributed by atoms with Gasteiger partial charge in [-0.1, -0.05) is 11.3 Å². The number of aromatic nitrogens is 3. The summed E-state index contributed by atoms with van der Waals surface area (Å²) in [5, 5.41) is 10.3. The van der Waals surface area contributed by atoms with Gasteiger partial charge in [-0.3, -0.25) is 4.79 Å². The van der Waals surface area contributed by atoms with E-state index in [4.69, 9.17) is 0 Å². The van der Waals surface area contributed by atoms with E-state index in [1.165, 1.54) is 41.1 Å². The lowest BCUT2D eigenvalue weighted by Crippen LogP contribution is -2.14. The van der Waals surface area contributed by atoms with Crippen LogP contribution in [-0.4, -0.2) is 20.9 Å². The predicted molar refractivity (Wildman–Crippen MR) is 80.4 cm³/mol. The molecule has 116 valence electrons. The molecule has 0 saturated carbocycles. The Morgan fingerprint density at radius 2 is 1.83 bits per heavy atom. The molecular weight excluding hydrogens is 302 g/mol. The van der Waals surface area contributed by atoms with Crippen molar-refractivity contribution >= 4 is 11.6 Å². The number of halogens is 2. The Labute approximate surface area is 130 Å². The first-order valence-corrected chi connectivity index (χ1v) is 6.80. The van der Waals surface area contributed by atoms with Crippen molar-refractivity contribution in [1.29, 1.82) is 0 Å². The zero-order valence-electron chi connectivity index (χ0n) is 12.1. The van der Waals surface area contributed by atoms with E-state index in [2.05, 4.69) is 15.6 Å². The van der Waals surface area contributed by atoms with E-state index in [-0.39, 0.29) is 5.69 Å². The van der Waals surface area contributed by atoms with Crippen molar-refractivity contribution in [3.63, 3.8) is 0 Å². The summed E-state index contributed by atoms with van der Waals surface area (Å²) in [7, 11) is 0. The highest BCUT2D eigenvalue weighted by Crippen LogP contribution is 2.15. The first kappa shape index (κ1) is 14.8. The van der Waals surface area contributed by atoms with Crippen LogP contribution in [0.3, 0.4) is 0 Å². The lowest BCUT2D eigenvalue weighted by Gasteiger charge is -2.05. The predicted octanol–water partition coefficient (Wildman–Crippen LogP) is 3.11. The second-order valence-corrected chi connectivity index (χ2v) is 4.88. The summed E-state index contributed by atoms with van der Waals surface area (Å²) in [6, 6.07) is 11.2. The van der Waals surface area contributed by atoms with Gasteiger partial charge in [0.15, 0.2) is 5.69 Å². The van der Waals surface area contributed by atoms with Gasteiger partial charge < -0.3 is 5.32 Å². The van der Waals surface area contributed by atoms with Gasteiger partial charge in [-0.15, -0.1) is 5.10 Å².